The number of carbonyl (C=O) groups excluding carboxylic acids is 3. The summed E-state index contributed by atoms with van der Waals surface area (Å²) in [5.41, 5.74) is 0.0147. The van der Waals surface area contributed by atoms with Crippen LogP contribution in [0, 0.1) is 5.82 Å². The molecule has 0 aliphatic carbocycles. The molecule has 0 aliphatic heterocycles. The van der Waals surface area contributed by atoms with Crippen molar-refractivity contribution in [3.8, 4) is 0 Å². The van der Waals surface area contributed by atoms with E-state index in [0.717, 1.165) is 15.5 Å². The van der Waals surface area contributed by atoms with Gasteiger partial charge >= 0.3 is 0 Å². The van der Waals surface area contributed by atoms with Crippen LogP contribution in [0.25, 0.3) is 0 Å². The van der Waals surface area contributed by atoms with Crippen molar-refractivity contribution in [2.24, 2.45) is 0 Å². The van der Waals surface area contributed by atoms with Gasteiger partial charge in [-0.1, -0.05) is 30.3 Å². The van der Waals surface area contributed by atoms with Gasteiger partial charge in [0.1, 0.15) is 18.4 Å². The van der Waals surface area contributed by atoms with Gasteiger partial charge in [-0.05, 0) is 52.8 Å². The molecule has 0 bridgehead atoms. The highest BCUT2D eigenvalue weighted by molar-refractivity contribution is 7.92. The van der Waals surface area contributed by atoms with Crippen molar-refractivity contribution in [2.75, 3.05) is 17.1 Å². The predicted octanol–water partition coefficient (Wildman–Crippen LogP) is 3.13. The smallest absolute Gasteiger partial charge is 0.244 e. The molecule has 190 valence electrons. The number of hydrogen-bond acceptors (Lipinski definition) is 5. The molecule has 0 saturated heterocycles. The van der Waals surface area contributed by atoms with Crippen molar-refractivity contribution in [3.05, 3.63) is 65.5 Å². The lowest BCUT2D eigenvalue weighted by molar-refractivity contribution is -0.140. The average Bonchev–Trinajstić information content (AvgIpc) is 2.74. The van der Waals surface area contributed by atoms with Crippen molar-refractivity contribution in [1.29, 1.82) is 0 Å². The van der Waals surface area contributed by atoms with Crippen LogP contribution < -0.4 is 9.62 Å². The van der Waals surface area contributed by atoms with E-state index in [9.17, 15) is 27.2 Å². The molecule has 2 aromatic carbocycles. The second kappa shape index (κ2) is 11.0. The number of sulfonamides is 1. The maximum absolute atomic E-state index is 14.4. The van der Waals surface area contributed by atoms with Crippen LogP contribution in [-0.2, 0) is 26.2 Å². The number of rotatable bonds is 9. The first-order chi connectivity index (χ1) is 16.1. The Bertz CT molecular complexity index is 1210. The zero-order chi connectivity index (χ0) is 26.6. The lowest BCUT2D eigenvalue weighted by Crippen LogP contribution is -2.54. The number of amides is 2. The fourth-order valence-electron chi connectivity index (χ4n) is 3.36. The van der Waals surface area contributed by atoms with Gasteiger partial charge in [-0.15, -0.1) is 0 Å². The molecule has 1 unspecified atom stereocenters. The van der Waals surface area contributed by atoms with Gasteiger partial charge in [0.05, 0.1) is 11.9 Å². The summed E-state index contributed by atoms with van der Waals surface area (Å²) in [7, 11) is -3.94. The van der Waals surface area contributed by atoms with E-state index in [-0.39, 0.29) is 29.1 Å². The number of anilines is 1. The molecule has 0 aliphatic rings. The monoisotopic (exact) mass is 505 g/mol. The van der Waals surface area contributed by atoms with Crippen LogP contribution >= 0.6 is 0 Å². The van der Waals surface area contributed by atoms with E-state index in [1.807, 2.05) is 0 Å². The fraction of sp³-hybridized carbons (Fsp3) is 0.400. The molecule has 35 heavy (non-hydrogen) atoms. The number of halogens is 1. The summed E-state index contributed by atoms with van der Waals surface area (Å²) in [6, 6.07) is 10.7. The standard InChI is InChI=1S/C25H32FN3O5S/c1-17(24(32)27-25(3,4)5)28(15-20-10-7-8-13-22(20)26)23(31)16-29(35(6,33)34)21-12-9-11-19(14-21)18(2)30/h7-14,17H,15-16H2,1-6H3,(H,27,32). The number of nitrogens with zero attached hydrogens (tertiary/aromatic N) is 2. The molecule has 2 aromatic rings. The van der Waals surface area contributed by atoms with Crippen LogP contribution in [0.1, 0.15) is 50.5 Å². The maximum atomic E-state index is 14.4. The molecule has 0 fully saturated rings. The first-order valence-corrected chi connectivity index (χ1v) is 12.9. The SMILES string of the molecule is CC(=O)c1cccc(N(CC(=O)N(Cc2ccccc2F)C(C)C(=O)NC(C)(C)C)S(C)(=O)=O)c1. The summed E-state index contributed by atoms with van der Waals surface area (Å²) < 4.78 is 40.5. The quantitative estimate of drug-likeness (QED) is 0.528. The lowest BCUT2D eigenvalue weighted by atomic mass is 10.1. The van der Waals surface area contributed by atoms with E-state index in [1.165, 1.54) is 56.3 Å². The first kappa shape index (κ1) is 28.0. The maximum Gasteiger partial charge on any atom is 0.244 e. The fourth-order valence-corrected chi connectivity index (χ4v) is 4.20. The molecule has 0 heterocycles. The Hall–Kier alpha value is -3.27. The summed E-state index contributed by atoms with van der Waals surface area (Å²) >= 11 is 0. The Kier molecular flexibility index (Phi) is 8.78. The van der Waals surface area contributed by atoms with Crippen LogP contribution in [0.5, 0.6) is 0 Å². The normalized spacial score (nSPS) is 12.5. The van der Waals surface area contributed by atoms with Gasteiger partial charge in [-0.2, -0.15) is 0 Å². The molecule has 8 nitrogen and oxygen atoms in total. The topological polar surface area (TPSA) is 104 Å². The van der Waals surface area contributed by atoms with E-state index in [0.29, 0.717) is 0 Å². The zero-order valence-corrected chi connectivity index (χ0v) is 21.6. The van der Waals surface area contributed by atoms with Gasteiger partial charge in [0, 0.05) is 23.2 Å². The van der Waals surface area contributed by atoms with E-state index >= 15 is 0 Å². The second-order valence-electron chi connectivity index (χ2n) is 9.40. The Labute approximate surface area is 206 Å². The largest absolute Gasteiger partial charge is 0.350 e. The first-order valence-electron chi connectivity index (χ1n) is 11.0. The van der Waals surface area contributed by atoms with Gasteiger partial charge < -0.3 is 10.2 Å². The molecular weight excluding hydrogens is 473 g/mol. The summed E-state index contributed by atoms with van der Waals surface area (Å²) in [5, 5.41) is 2.79. The van der Waals surface area contributed by atoms with Crippen LogP contribution in [0.2, 0.25) is 0 Å². The van der Waals surface area contributed by atoms with Gasteiger partial charge in [0.25, 0.3) is 0 Å². The van der Waals surface area contributed by atoms with E-state index < -0.39 is 45.8 Å². The molecule has 2 amide bonds. The molecule has 0 radical (unpaired) electrons. The summed E-state index contributed by atoms with van der Waals surface area (Å²) in [4.78, 5) is 39.3. The summed E-state index contributed by atoms with van der Waals surface area (Å²) in [6.07, 6.45) is 0.942. The van der Waals surface area contributed by atoms with Crippen LogP contribution in [0.3, 0.4) is 0 Å². The van der Waals surface area contributed by atoms with Crippen LogP contribution in [-0.4, -0.2) is 55.3 Å². The van der Waals surface area contributed by atoms with E-state index in [4.69, 9.17) is 0 Å². The van der Waals surface area contributed by atoms with Crippen LogP contribution in [0.15, 0.2) is 48.5 Å². The third kappa shape index (κ3) is 7.88. The van der Waals surface area contributed by atoms with E-state index in [1.54, 1.807) is 26.8 Å². The zero-order valence-electron chi connectivity index (χ0n) is 20.8. The minimum absolute atomic E-state index is 0.131. The molecule has 0 saturated carbocycles. The second-order valence-corrected chi connectivity index (χ2v) is 11.3. The van der Waals surface area contributed by atoms with Gasteiger partial charge in [0.15, 0.2) is 5.78 Å². The Morgan fingerprint density at radius 3 is 2.23 bits per heavy atom. The predicted molar refractivity (Wildman–Crippen MR) is 133 cm³/mol. The molecule has 10 heteroatoms. The third-order valence-corrected chi connectivity index (χ3v) is 6.32. The molecule has 1 N–H and O–H groups in total. The van der Waals surface area contributed by atoms with Gasteiger partial charge in [-0.3, -0.25) is 18.7 Å². The molecular formula is C25H32FN3O5S. The number of Topliss-reactive ketones (excluding diaryl/α,β-unsaturated/α-hetero) is 1. The molecule has 2 rings (SSSR count). The van der Waals surface area contributed by atoms with Crippen LogP contribution in [0.4, 0.5) is 10.1 Å². The van der Waals surface area contributed by atoms with Crippen molar-refractivity contribution in [3.63, 3.8) is 0 Å². The highest BCUT2D eigenvalue weighted by Gasteiger charge is 2.32. The molecule has 0 aromatic heterocycles. The minimum atomic E-state index is -3.94. The number of ketones is 1. The number of hydrogen-bond donors (Lipinski definition) is 1. The highest BCUT2D eigenvalue weighted by Crippen LogP contribution is 2.21. The van der Waals surface area contributed by atoms with Gasteiger partial charge in [-0.25, -0.2) is 12.8 Å². The molecule has 0 spiro atoms. The summed E-state index contributed by atoms with van der Waals surface area (Å²) in [5.74, 6) is -1.99. The lowest BCUT2D eigenvalue weighted by Gasteiger charge is -2.33. The minimum Gasteiger partial charge on any atom is -0.350 e. The van der Waals surface area contributed by atoms with E-state index in [2.05, 4.69) is 5.32 Å². The Morgan fingerprint density at radius 2 is 1.69 bits per heavy atom. The molecule has 1 atom stereocenters. The van der Waals surface area contributed by atoms with Crippen molar-refractivity contribution >= 4 is 33.3 Å². The Morgan fingerprint density at radius 1 is 1.06 bits per heavy atom. The number of nitrogens with one attached hydrogen (secondary N) is 1. The van der Waals surface area contributed by atoms with Gasteiger partial charge in [0.2, 0.25) is 21.8 Å². The summed E-state index contributed by atoms with van der Waals surface area (Å²) in [6.45, 7) is 7.33. The highest BCUT2D eigenvalue weighted by atomic mass is 32.2. The van der Waals surface area contributed by atoms with Crippen molar-refractivity contribution < 1.29 is 27.2 Å². The Balaban J connectivity index is 2.46. The van der Waals surface area contributed by atoms with Crippen molar-refractivity contribution in [1.82, 2.24) is 10.2 Å². The third-order valence-electron chi connectivity index (χ3n) is 5.18. The number of benzene rings is 2. The van der Waals surface area contributed by atoms with Crippen molar-refractivity contribution in [2.45, 2.75) is 52.7 Å². The average molecular weight is 506 g/mol. The number of carbonyl (C=O) groups is 3.